The Morgan fingerprint density at radius 2 is 1.96 bits per heavy atom. The van der Waals surface area contributed by atoms with Crippen LogP contribution in [0.1, 0.15) is 31.2 Å². The lowest BCUT2D eigenvalue weighted by Crippen LogP contribution is -2.36. The first-order valence-corrected chi connectivity index (χ1v) is 9.62. The van der Waals surface area contributed by atoms with E-state index < -0.39 is 6.10 Å². The quantitative estimate of drug-likeness (QED) is 0.649. The molecule has 2 rings (SSSR count). The summed E-state index contributed by atoms with van der Waals surface area (Å²) in [4.78, 5) is 4.52. The molecule has 5 heteroatoms. The second kappa shape index (κ2) is 11.2. The van der Waals surface area contributed by atoms with E-state index in [9.17, 15) is 5.11 Å². The van der Waals surface area contributed by atoms with Crippen molar-refractivity contribution >= 4 is 0 Å². The van der Waals surface area contributed by atoms with Crippen LogP contribution in [0.3, 0.4) is 0 Å². The number of aliphatic hydroxyl groups is 1. The Morgan fingerprint density at radius 1 is 1.23 bits per heavy atom. The van der Waals surface area contributed by atoms with Gasteiger partial charge in [-0.25, -0.2) is 0 Å². The molecule has 1 aromatic rings. The zero-order chi connectivity index (χ0) is 18.8. The van der Waals surface area contributed by atoms with Gasteiger partial charge in [0.05, 0.1) is 7.11 Å². The molecule has 26 heavy (non-hydrogen) atoms. The average molecular weight is 363 g/mol. The lowest BCUT2D eigenvalue weighted by atomic mass is 10.2. The van der Waals surface area contributed by atoms with E-state index in [2.05, 4.69) is 23.4 Å². The molecule has 1 aliphatic heterocycles. The molecule has 0 unspecified atom stereocenters. The molecule has 1 atom stereocenters. The van der Waals surface area contributed by atoms with E-state index in [1.54, 1.807) is 7.11 Å². The van der Waals surface area contributed by atoms with Crippen LogP contribution in [0.5, 0.6) is 11.5 Å². The van der Waals surface area contributed by atoms with Crippen molar-refractivity contribution in [3.05, 3.63) is 36.4 Å². The van der Waals surface area contributed by atoms with Gasteiger partial charge in [-0.05, 0) is 50.7 Å². The van der Waals surface area contributed by atoms with Crippen molar-refractivity contribution in [1.29, 1.82) is 0 Å². The van der Waals surface area contributed by atoms with E-state index in [1.165, 1.54) is 25.7 Å². The molecule has 5 nitrogen and oxygen atoms in total. The van der Waals surface area contributed by atoms with E-state index in [1.807, 2.05) is 24.3 Å². The van der Waals surface area contributed by atoms with Gasteiger partial charge < -0.3 is 19.5 Å². The minimum Gasteiger partial charge on any atom is -0.493 e. The Bertz CT molecular complexity index is 542. The molecule has 0 radical (unpaired) electrons. The van der Waals surface area contributed by atoms with Crippen molar-refractivity contribution in [3.8, 4) is 11.5 Å². The van der Waals surface area contributed by atoms with Gasteiger partial charge in [-0.15, -0.1) is 6.58 Å². The first-order chi connectivity index (χ1) is 12.6. The van der Waals surface area contributed by atoms with E-state index in [-0.39, 0.29) is 6.61 Å². The van der Waals surface area contributed by atoms with Crippen LogP contribution in [-0.2, 0) is 6.54 Å². The Balaban J connectivity index is 1.86. The number of rotatable bonds is 10. The highest BCUT2D eigenvalue weighted by Gasteiger charge is 2.15. The molecule has 0 spiro atoms. The van der Waals surface area contributed by atoms with Crippen molar-refractivity contribution in [2.45, 2.75) is 38.3 Å². The summed E-state index contributed by atoms with van der Waals surface area (Å²) in [6.45, 7) is 8.53. The summed E-state index contributed by atoms with van der Waals surface area (Å²) in [5, 5.41) is 10.3. The third kappa shape index (κ3) is 6.98. The second-order valence-electron chi connectivity index (χ2n) is 7.15. The highest BCUT2D eigenvalue weighted by Crippen LogP contribution is 2.28. The summed E-state index contributed by atoms with van der Waals surface area (Å²) >= 11 is 0. The molecule has 1 N–H and O–H groups in total. The molecule has 1 heterocycles. The molecular formula is C21H34N2O3. The van der Waals surface area contributed by atoms with Gasteiger partial charge in [-0.3, -0.25) is 4.90 Å². The summed E-state index contributed by atoms with van der Waals surface area (Å²) in [5.41, 5.74) is 1.16. The minimum absolute atomic E-state index is 0.280. The largest absolute Gasteiger partial charge is 0.493 e. The van der Waals surface area contributed by atoms with E-state index in [4.69, 9.17) is 9.47 Å². The molecule has 146 valence electrons. The summed E-state index contributed by atoms with van der Waals surface area (Å²) in [5.74, 6) is 1.38. The van der Waals surface area contributed by atoms with Crippen LogP contribution in [0.2, 0.25) is 0 Å². The van der Waals surface area contributed by atoms with Gasteiger partial charge in [0, 0.05) is 19.6 Å². The standard InChI is InChI=1S/C21H34N2O3/c1-4-11-22(2)15-18-9-10-20(21(14-18)25-3)26-17-19(24)16-23-12-7-5-6-8-13-23/h4,9-10,14,19,24H,1,5-8,11-13,15-17H2,2-3H3/t19-/m0/s1. The van der Waals surface area contributed by atoms with Crippen molar-refractivity contribution < 1.29 is 14.6 Å². The maximum Gasteiger partial charge on any atom is 0.161 e. The Kier molecular flexibility index (Phi) is 8.95. The number of aliphatic hydroxyl groups excluding tert-OH is 1. The minimum atomic E-state index is -0.490. The van der Waals surface area contributed by atoms with Gasteiger partial charge >= 0.3 is 0 Å². The number of β-amino-alcohol motifs (C(OH)–C–C–N with tert-alkyl or cyclic N) is 1. The highest BCUT2D eigenvalue weighted by atomic mass is 16.5. The van der Waals surface area contributed by atoms with Gasteiger partial charge in [0.15, 0.2) is 11.5 Å². The number of ether oxygens (including phenoxy) is 2. The molecule has 0 amide bonds. The van der Waals surface area contributed by atoms with Gasteiger partial charge in [0.25, 0.3) is 0 Å². The number of likely N-dealkylation sites (N-methyl/N-ethyl adjacent to an activating group) is 1. The summed E-state index contributed by atoms with van der Waals surface area (Å²) in [6, 6.07) is 5.96. The third-order valence-corrected chi connectivity index (χ3v) is 4.72. The van der Waals surface area contributed by atoms with E-state index >= 15 is 0 Å². The Labute approximate surface area is 158 Å². The zero-order valence-corrected chi connectivity index (χ0v) is 16.3. The molecule has 1 fully saturated rings. The normalized spacial score (nSPS) is 16.9. The maximum atomic E-state index is 10.3. The Hall–Kier alpha value is -1.56. The number of hydrogen-bond acceptors (Lipinski definition) is 5. The summed E-state index contributed by atoms with van der Waals surface area (Å²) in [6.07, 6.45) is 6.45. The molecule has 1 aliphatic rings. The first kappa shape index (κ1) is 20.7. The maximum absolute atomic E-state index is 10.3. The van der Waals surface area contributed by atoms with Crippen LogP contribution < -0.4 is 9.47 Å². The first-order valence-electron chi connectivity index (χ1n) is 9.62. The number of methoxy groups -OCH3 is 1. The third-order valence-electron chi connectivity index (χ3n) is 4.72. The lowest BCUT2D eigenvalue weighted by Gasteiger charge is -2.23. The Morgan fingerprint density at radius 3 is 2.62 bits per heavy atom. The predicted molar refractivity (Wildman–Crippen MR) is 106 cm³/mol. The predicted octanol–water partition coefficient (Wildman–Crippen LogP) is 2.93. The van der Waals surface area contributed by atoms with Gasteiger partial charge in [-0.1, -0.05) is 25.0 Å². The fourth-order valence-corrected chi connectivity index (χ4v) is 3.38. The summed E-state index contributed by atoms with van der Waals surface area (Å²) < 4.78 is 11.3. The van der Waals surface area contributed by atoms with E-state index in [0.29, 0.717) is 18.0 Å². The number of benzene rings is 1. The zero-order valence-electron chi connectivity index (χ0n) is 16.3. The average Bonchev–Trinajstić information content (AvgIpc) is 2.89. The smallest absolute Gasteiger partial charge is 0.161 e. The van der Waals surface area contributed by atoms with E-state index in [0.717, 1.165) is 31.7 Å². The topological polar surface area (TPSA) is 45.2 Å². The molecule has 1 aromatic carbocycles. The number of nitrogens with zero attached hydrogens (tertiary/aromatic N) is 2. The fourth-order valence-electron chi connectivity index (χ4n) is 3.38. The molecule has 0 aliphatic carbocycles. The molecule has 0 aromatic heterocycles. The summed E-state index contributed by atoms with van der Waals surface area (Å²) in [7, 11) is 3.70. The van der Waals surface area contributed by atoms with Crippen molar-refractivity contribution in [2.24, 2.45) is 0 Å². The van der Waals surface area contributed by atoms with Gasteiger partial charge in [-0.2, -0.15) is 0 Å². The molecule has 0 bridgehead atoms. The van der Waals surface area contributed by atoms with Crippen LogP contribution in [0.15, 0.2) is 30.9 Å². The fraction of sp³-hybridized carbons (Fsp3) is 0.619. The monoisotopic (exact) mass is 362 g/mol. The van der Waals surface area contributed by atoms with Crippen molar-refractivity contribution in [1.82, 2.24) is 9.80 Å². The van der Waals surface area contributed by atoms with Gasteiger partial charge in [0.1, 0.15) is 12.7 Å². The highest BCUT2D eigenvalue weighted by molar-refractivity contribution is 5.43. The van der Waals surface area contributed by atoms with Crippen LogP contribution in [-0.4, -0.2) is 68.0 Å². The molecule has 1 saturated heterocycles. The number of likely N-dealkylation sites (tertiary alicyclic amines) is 1. The van der Waals surface area contributed by atoms with Crippen LogP contribution in [0, 0.1) is 0 Å². The number of hydrogen-bond donors (Lipinski definition) is 1. The van der Waals surface area contributed by atoms with Gasteiger partial charge in [0.2, 0.25) is 0 Å². The lowest BCUT2D eigenvalue weighted by molar-refractivity contribution is 0.0683. The van der Waals surface area contributed by atoms with Crippen molar-refractivity contribution in [3.63, 3.8) is 0 Å². The van der Waals surface area contributed by atoms with Crippen LogP contribution in [0.4, 0.5) is 0 Å². The SMILES string of the molecule is C=CCN(C)Cc1ccc(OC[C@@H](O)CN2CCCCCC2)c(OC)c1. The molecular weight excluding hydrogens is 328 g/mol. The second-order valence-corrected chi connectivity index (χ2v) is 7.15. The molecule has 0 saturated carbocycles. The van der Waals surface area contributed by atoms with Crippen LogP contribution in [0.25, 0.3) is 0 Å². The van der Waals surface area contributed by atoms with Crippen LogP contribution >= 0.6 is 0 Å². The van der Waals surface area contributed by atoms with Crippen molar-refractivity contribution in [2.75, 3.05) is 46.9 Å².